The number of amides is 1. The van der Waals surface area contributed by atoms with Crippen molar-refractivity contribution in [1.29, 1.82) is 5.26 Å². The third-order valence-corrected chi connectivity index (χ3v) is 6.11. The van der Waals surface area contributed by atoms with Gasteiger partial charge in [-0.2, -0.15) is 14.3 Å². The van der Waals surface area contributed by atoms with Crippen molar-refractivity contribution in [3.8, 4) is 6.07 Å². The first-order valence-electron chi connectivity index (χ1n) is 7.90. The Bertz CT molecular complexity index is 942. The normalized spacial score (nSPS) is 15.4. The third kappa shape index (κ3) is 3.51. The van der Waals surface area contributed by atoms with Crippen molar-refractivity contribution in [2.24, 2.45) is 0 Å². The molecule has 1 aliphatic rings. The Morgan fingerprint density at radius 1 is 1.04 bits per heavy atom. The minimum atomic E-state index is -3.67. The molecule has 134 valence electrons. The van der Waals surface area contributed by atoms with Crippen molar-refractivity contribution in [3.05, 3.63) is 65.1 Å². The molecule has 1 saturated heterocycles. The summed E-state index contributed by atoms with van der Waals surface area (Å²) in [5.74, 6) is -0.235. The number of benzene rings is 1. The first-order valence-corrected chi connectivity index (χ1v) is 9.34. The lowest BCUT2D eigenvalue weighted by Gasteiger charge is -2.34. The molecule has 0 N–H and O–H groups in total. The number of hydrogen-bond acceptors (Lipinski definition) is 5. The van der Waals surface area contributed by atoms with Crippen LogP contribution in [0, 0.1) is 16.5 Å². The molecule has 0 atom stereocenters. The summed E-state index contributed by atoms with van der Waals surface area (Å²) in [7, 11) is -3.67. The minimum Gasteiger partial charge on any atom is -0.619 e. The Labute approximate surface area is 151 Å². The Morgan fingerprint density at radius 2 is 1.62 bits per heavy atom. The number of piperazine rings is 1. The van der Waals surface area contributed by atoms with Crippen LogP contribution in [-0.2, 0) is 10.0 Å². The molecule has 0 bridgehead atoms. The Morgan fingerprint density at radius 3 is 2.15 bits per heavy atom. The van der Waals surface area contributed by atoms with Gasteiger partial charge < -0.3 is 10.1 Å². The van der Waals surface area contributed by atoms with Crippen LogP contribution in [0.1, 0.15) is 15.9 Å². The van der Waals surface area contributed by atoms with E-state index in [9.17, 15) is 18.4 Å². The fourth-order valence-corrected chi connectivity index (χ4v) is 4.14. The Hall–Kier alpha value is -2.96. The van der Waals surface area contributed by atoms with Gasteiger partial charge in [-0.3, -0.25) is 4.79 Å². The van der Waals surface area contributed by atoms with Gasteiger partial charge in [0.05, 0.1) is 22.1 Å². The van der Waals surface area contributed by atoms with E-state index in [4.69, 9.17) is 5.26 Å². The number of sulfonamides is 1. The molecule has 0 unspecified atom stereocenters. The second kappa shape index (κ2) is 7.11. The predicted molar refractivity (Wildman–Crippen MR) is 91.2 cm³/mol. The highest BCUT2D eigenvalue weighted by atomic mass is 32.2. The molecule has 0 saturated carbocycles. The van der Waals surface area contributed by atoms with E-state index in [1.54, 1.807) is 4.90 Å². The number of aromatic nitrogens is 1. The first kappa shape index (κ1) is 17.8. The summed E-state index contributed by atoms with van der Waals surface area (Å²) in [5, 5.41) is 19.9. The van der Waals surface area contributed by atoms with Gasteiger partial charge in [-0.05, 0) is 24.3 Å². The second-order valence-corrected chi connectivity index (χ2v) is 7.72. The highest BCUT2D eigenvalue weighted by Gasteiger charge is 2.30. The van der Waals surface area contributed by atoms with Gasteiger partial charge in [0.1, 0.15) is 0 Å². The molecular weight excluding hydrogens is 356 g/mol. The fourth-order valence-electron chi connectivity index (χ4n) is 2.72. The largest absolute Gasteiger partial charge is 0.619 e. The molecule has 0 spiro atoms. The van der Waals surface area contributed by atoms with Crippen molar-refractivity contribution in [3.63, 3.8) is 0 Å². The van der Waals surface area contributed by atoms with E-state index in [0.717, 1.165) is 0 Å². The van der Waals surface area contributed by atoms with E-state index in [0.29, 0.717) is 15.9 Å². The quantitative estimate of drug-likeness (QED) is 0.570. The number of carbonyl (C=O) groups is 1. The zero-order chi connectivity index (χ0) is 18.7. The van der Waals surface area contributed by atoms with E-state index >= 15 is 0 Å². The number of carbonyl (C=O) groups excluding carboxylic acids is 1. The van der Waals surface area contributed by atoms with Crippen LogP contribution in [0.5, 0.6) is 0 Å². The lowest BCUT2D eigenvalue weighted by Crippen LogP contribution is -2.50. The van der Waals surface area contributed by atoms with Crippen molar-refractivity contribution in [2.75, 3.05) is 26.2 Å². The average Bonchev–Trinajstić information content (AvgIpc) is 2.68. The van der Waals surface area contributed by atoms with E-state index in [2.05, 4.69) is 0 Å². The predicted octanol–water partition coefficient (Wildman–Crippen LogP) is 0.338. The third-order valence-electron chi connectivity index (χ3n) is 4.20. The maximum Gasteiger partial charge on any atom is 0.254 e. The van der Waals surface area contributed by atoms with Crippen molar-refractivity contribution >= 4 is 15.9 Å². The summed E-state index contributed by atoms with van der Waals surface area (Å²) in [5.41, 5.74) is 0.780. The molecule has 1 aromatic carbocycles. The fraction of sp³-hybridized carbons (Fsp3) is 0.235. The zero-order valence-corrected chi connectivity index (χ0v) is 14.6. The van der Waals surface area contributed by atoms with Gasteiger partial charge in [0.2, 0.25) is 10.0 Å². The molecule has 1 aliphatic heterocycles. The second-order valence-electron chi connectivity index (χ2n) is 5.78. The van der Waals surface area contributed by atoms with Gasteiger partial charge in [0.15, 0.2) is 12.4 Å². The van der Waals surface area contributed by atoms with E-state index in [1.807, 2.05) is 6.07 Å². The topological polar surface area (TPSA) is 108 Å². The first-order chi connectivity index (χ1) is 12.4. The molecule has 9 heteroatoms. The van der Waals surface area contributed by atoms with Crippen LogP contribution in [0.15, 0.2) is 53.7 Å². The van der Waals surface area contributed by atoms with Crippen LogP contribution in [0.4, 0.5) is 0 Å². The lowest BCUT2D eigenvalue weighted by atomic mass is 10.2. The molecule has 2 heterocycles. The summed E-state index contributed by atoms with van der Waals surface area (Å²) >= 11 is 0. The smallest absolute Gasteiger partial charge is 0.254 e. The average molecular weight is 372 g/mol. The van der Waals surface area contributed by atoms with Gasteiger partial charge in [0, 0.05) is 38.3 Å². The maximum atomic E-state index is 12.7. The SMILES string of the molecule is N#Cc1ccc(S(=O)(=O)N2CCN(C(=O)c3cc[n+]([O-])cc3)CC2)cc1. The van der Waals surface area contributed by atoms with E-state index in [1.165, 1.54) is 53.1 Å². The summed E-state index contributed by atoms with van der Waals surface area (Å²) in [6.45, 7) is 0.895. The minimum absolute atomic E-state index is 0.124. The molecule has 1 aromatic heterocycles. The molecule has 8 nitrogen and oxygen atoms in total. The van der Waals surface area contributed by atoms with Gasteiger partial charge in [0.25, 0.3) is 5.91 Å². The Kier molecular flexibility index (Phi) is 4.88. The molecule has 3 rings (SSSR count). The van der Waals surface area contributed by atoms with Crippen LogP contribution in [0.2, 0.25) is 0 Å². The zero-order valence-electron chi connectivity index (χ0n) is 13.8. The van der Waals surface area contributed by atoms with E-state index < -0.39 is 10.0 Å². The molecule has 0 radical (unpaired) electrons. The van der Waals surface area contributed by atoms with Gasteiger partial charge in [-0.15, -0.1) is 0 Å². The van der Waals surface area contributed by atoms with Crippen LogP contribution < -0.4 is 4.73 Å². The summed E-state index contributed by atoms with van der Waals surface area (Å²) < 4.78 is 27.3. The van der Waals surface area contributed by atoms with Crippen molar-refractivity contribution in [2.45, 2.75) is 4.90 Å². The highest BCUT2D eigenvalue weighted by molar-refractivity contribution is 7.89. The molecule has 2 aromatic rings. The monoisotopic (exact) mass is 372 g/mol. The van der Waals surface area contributed by atoms with Gasteiger partial charge >= 0.3 is 0 Å². The van der Waals surface area contributed by atoms with Crippen molar-refractivity contribution in [1.82, 2.24) is 9.21 Å². The van der Waals surface area contributed by atoms with Crippen LogP contribution in [0.25, 0.3) is 0 Å². The number of nitriles is 1. The molecule has 1 fully saturated rings. The molecule has 0 aliphatic carbocycles. The van der Waals surface area contributed by atoms with Crippen molar-refractivity contribution < 1.29 is 17.9 Å². The highest BCUT2D eigenvalue weighted by Crippen LogP contribution is 2.19. The van der Waals surface area contributed by atoms with Crippen LogP contribution in [-0.4, -0.2) is 49.7 Å². The molecular formula is C17H16N4O4S. The lowest BCUT2D eigenvalue weighted by molar-refractivity contribution is -0.605. The summed E-state index contributed by atoms with van der Waals surface area (Å²) in [6.07, 6.45) is 2.50. The van der Waals surface area contributed by atoms with E-state index in [-0.39, 0.29) is 37.0 Å². The van der Waals surface area contributed by atoms with Crippen LogP contribution >= 0.6 is 0 Å². The maximum absolute atomic E-state index is 12.7. The van der Waals surface area contributed by atoms with Gasteiger partial charge in [-0.1, -0.05) is 0 Å². The van der Waals surface area contributed by atoms with Gasteiger partial charge in [-0.25, -0.2) is 8.42 Å². The molecule has 26 heavy (non-hydrogen) atoms. The Balaban J connectivity index is 1.68. The molecule has 1 amide bonds. The standard InChI is InChI=1S/C17H16N4O4S/c18-13-14-1-3-16(4-2-14)26(24,25)21-11-9-19(10-12-21)17(22)15-5-7-20(23)8-6-15/h1-8H,9-12H2. The van der Waals surface area contributed by atoms with Crippen LogP contribution in [0.3, 0.4) is 0 Å². The number of nitrogens with zero attached hydrogens (tertiary/aromatic N) is 4. The number of rotatable bonds is 3. The number of pyridine rings is 1. The summed E-state index contributed by atoms with van der Waals surface area (Å²) in [6, 6.07) is 10.6. The summed E-state index contributed by atoms with van der Waals surface area (Å²) in [4.78, 5) is 14.1. The number of hydrogen-bond donors (Lipinski definition) is 0.